The summed E-state index contributed by atoms with van der Waals surface area (Å²) in [7, 11) is 0. The highest BCUT2D eigenvalue weighted by Crippen LogP contribution is 2.31. The molecule has 30 heavy (non-hydrogen) atoms. The van der Waals surface area contributed by atoms with E-state index in [2.05, 4.69) is 10.4 Å². The lowest BCUT2D eigenvalue weighted by Crippen LogP contribution is -2.17. The van der Waals surface area contributed by atoms with Crippen LogP contribution in [-0.4, -0.2) is 28.9 Å². The van der Waals surface area contributed by atoms with E-state index < -0.39 is 11.6 Å². The van der Waals surface area contributed by atoms with Gasteiger partial charge in [-0.2, -0.15) is 5.10 Å². The summed E-state index contributed by atoms with van der Waals surface area (Å²) in [5.74, 6) is -0.788. The molecule has 0 bridgehead atoms. The van der Waals surface area contributed by atoms with Gasteiger partial charge in [0.15, 0.2) is 29.8 Å². The summed E-state index contributed by atoms with van der Waals surface area (Å²) in [6.45, 7) is 4.29. The summed E-state index contributed by atoms with van der Waals surface area (Å²) in [6.07, 6.45) is 0. The summed E-state index contributed by atoms with van der Waals surface area (Å²) in [6, 6.07) is 8.03. The lowest BCUT2D eigenvalue weighted by atomic mass is 10.1. The van der Waals surface area contributed by atoms with Gasteiger partial charge in [0, 0.05) is 11.6 Å². The quantitative estimate of drug-likeness (QED) is 0.686. The van der Waals surface area contributed by atoms with Gasteiger partial charge in [0.2, 0.25) is 0 Å². The van der Waals surface area contributed by atoms with Crippen molar-refractivity contribution in [3.8, 4) is 17.2 Å². The minimum atomic E-state index is -0.802. The number of aromatic nitrogens is 2. The van der Waals surface area contributed by atoms with E-state index in [-0.39, 0.29) is 18.4 Å². The third-order valence-corrected chi connectivity index (χ3v) is 4.66. The van der Waals surface area contributed by atoms with Crippen molar-refractivity contribution in [2.24, 2.45) is 0 Å². The number of carbonyl (C=O) groups is 1. The first-order chi connectivity index (χ1) is 14.4. The molecule has 156 valence electrons. The molecule has 0 atom stereocenters. The van der Waals surface area contributed by atoms with Crippen LogP contribution in [0.3, 0.4) is 0 Å². The van der Waals surface area contributed by atoms with Gasteiger partial charge in [0.25, 0.3) is 5.91 Å². The number of nitrogens with zero attached hydrogens (tertiary/aromatic N) is 2. The highest BCUT2D eigenvalue weighted by molar-refractivity contribution is 6.05. The number of benzene rings is 2. The smallest absolute Gasteiger partial charge is 0.255 e. The van der Waals surface area contributed by atoms with Crippen LogP contribution in [0.1, 0.15) is 21.7 Å². The van der Waals surface area contributed by atoms with E-state index in [1.54, 1.807) is 32.0 Å². The molecule has 1 amide bonds. The number of carbonyl (C=O) groups excluding carboxylic acids is 1. The van der Waals surface area contributed by atoms with Crippen LogP contribution in [0.2, 0.25) is 0 Å². The van der Waals surface area contributed by atoms with E-state index in [0.717, 1.165) is 12.1 Å². The van der Waals surface area contributed by atoms with E-state index in [1.807, 2.05) is 0 Å². The Labute approximate surface area is 171 Å². The molecule has 3 aromatic rings. The molecule has 4 rings (SSSR count). The third-order valence-electron chi connectivity index (χ3n) is 4.66. The van der Waals surface area contributed by atoms with Crippen molar-refractivity contribution in [1.29, 1.82) is 0 Å². The van der Waals surface area contributed by atoms with Crippen molar-refractivity contribution in [3.63, 3.8) is 0 Å². The number of amides is 1. The van der Waals surface area contributed by atoms with Gasteiger partial charge in [0.05, 0.1) is 17.1 Å². The maximum Gasteiger partial charge on any atom is 0.255 e. The Morgan fingerprint density at radius 1 is 1.13 bits per heavy atom. The first kappa shape index (κ1) is 19.7. The van der Waals surface area contributed by atoms with E-state index in [4.69, 9.17) is 14.2 Å². The molecule has 7 nitrogen and oxygen atoms in total. The molecule has 2 heterocycles. The molecule has 1 aliphatic heterocycles. The molecule has 2 aromatic carbocycles. The lowest BCUT2D eigenvalue weighted by Gasteiger charge is -2.18. The summed E-state index contributed by atoms with van der Waals surface area (Å²) in [4.78, 5) is 12.7. The van der Waals surface area contributed by atoms with Crippen LogP contribution in [-0.2, 0) is 6.73 Å². The average Bonchev–Trinajstić information content (AvgIpc) is 3.00. The largest absolute Gasteiger partial charge is 0.486 e. The number of hydrogen-bond donors (Lipinski definition) is 1. The minimum absolute atomic E-state index is 0.0918. The Morgan fingerprint density at radius 2 is 1.90 bits per heavy atom. The zero-order valence-electron chi connectivity index (χ0n) is 16.4. The topological polar surface area (TPSA) is 74.6 Å². The average molecular weight is 415 g/mol. The molecule has 0 fully saturated rings. The Bertz CT molecular complexity index is 1110. The second kappa shape index (κ2) is 8.02. The number of halogens is 2. The van der Waals surface area contributed by atoms with Crippen LogP contribution in [0.15, 0.2) is 36.4 Å². The summed E-state index contributed by atoms with van der Waals surface area (Å²) in [5, 5.41) is 7.17. The van der Waals surface area contributed by atoms with E-state index >= 15 is 0 Å². The number of aryl methyl sites for hydroxylation is 1. The van der Waals surface area contributed by atoms with E-state index in [1.165, 1.54) is 10.7 Å². The molecule has 0 spiro atoms. The number of hydrogen-bond acceptors (Lipinski definition) is 5. The van der Waals surface area contributed by atoms with Crippen LogP contribution in [0.5, 0.6) is 17.2 Å². The van der Waals surface area contributed by atoms with Crippen LogP contribution in [0.25, 0.3) is 0 Å². The van der Waals surface area contributed by atoms with E-state index in [0.29, 0.717) is 47.4 Å². The molecule has 0 aliphatic carbocycles. The number of anilines is 1. The summed E-state index contributed by atoms with van der Waals surface area (Å²) in [5.41, 5.74) is 2.14. The van der Waals surface area contributed by atoms with Crippen LogP contribution in [0.4, 0.5) is 14.5 Å². The van der Waals surface area contributed by atoms with Gasteiger partial charge in [0.1, 0.15) is 19.0 Å². The predicted molar refractivity (Wildman–Crippen MR) is 104 cm³/mol. The van der Waals surface area contributed by atoms with Gasteiger partial charge >= 0.3 is 0 Å². The Balaban J connectivity index is 1.48. The number of nitrogens with one attached hydrogen (secondary N) is 1. The first-order valence-electron chi connectivity index (χ1n) is 9.25. The van der Waals surface area contributed by atoms with Gasteiger partial charge in [-0.15, -0.1) is 0 Å². The summed E-state index contributed by atoms with van der Waals surface area (Å²) < 4.78 is 44.6. The third kappa shape index (κ3) is 3.91. The standard InChI is InChI=1S/C21H19F2N3O4/c1-12-20(24-21(27)14-3-5-18-19(9-14)29-8-7-28-18)13(2)26(25-12)11-30-17-6-4-15(22)10-16(17)23/h3-6,9-10H,7-8,11H2,1-2H3,(H,24,27). The molecule has 0 radical (unpaired) electrons. The zero-order valence-corrected chi connectivity index (χ0v) is 16.4. The van der Waals surface area contributed by atoms with Crippen molar-refractivity contribution < 1.29 is 27.8 Å². The van der Waals surface area contributed by atoms with Crippen LogP contribution in [0, 0.1) is 25.5 Å². The number of rotatable bonds is 5. The summed E-state index contributed by atoms with van der Waals surface area (Å²) >= 11 is 0. The number of ether oxygens (including phenoxy) is 3. The van der Waals surface area contributed by atoms with Crippen LogP contribution < -0.4 is 19.5 Å². The fourth-order valence-electron chi connectivity index (χ4n) is 3.10. The Kier molecular flexibility index (Phi) is 5.26. The normalized spacial score (nSPS) is 12.5. The maximum absolute atomic E-state index is 13.7. The van der Waals surface area contributed by atoms with Crippen molar-refractivity contribution in [2.75, 3.05) is 18.5 Å². The zero-order chi connectivity index (χ0) is 21.3. The fraction of sp³-hybridized carbons (Fsp3) is 0.238. The maximum atomic E-state index is 13.7. The highest BCUT2D eigenvalue weighted by atomic mass is 19.1. The van der Waals surface area contributed by atoms with Crippen molar-refractivity contribution in [2.45, 2.75) is 20.6 Å². The molecule has 0 saturated heterocycles. The Morgan fingerprint density at radius 3 is 2.67 bits per heavy atom. The van der Waals surface area contributed by atoms with Gasteiger partial charge in [-0.25, -0.2) is 13.5 Å². The van der Waals surface area contributed by atoms with Gasteiger partial charge in [-0.05, 0) is 44.2 Å². The molecular weight excluding hydrogens is 396 g/mol. The molecule has 0 unspecified atom stereocenters. The molecular formula is C21H19F2N3O4. The molecule has 1 aliphatic rings. The fourth-order valence-corrected chi connectivity index (χ4v) is 3.10. The predicted octanol–water partition coefficient (Wildman–Crippen LogP) is 3.84. The van der Waals surface area contributed by atoms with Gasteiger partial charge in [-0.3, -0.25) is 4.79 Å². The molecule has 1 aromatic heterocycles. The second-order valence-electron chi connectivity index (χ2n) is 6.71. The second-order valence-corrected chi connectivity index (χ2v) is 6.71. The highest BCUT2D eigenvalue weighted by Gasteiger charge is 2.19. The molecule has 1 N–H and O–H groups in total. The van der Waals surface area contributed by atoms with Gasteiger partial charge in [-0.1, -0.05) is 0 Å². The van der Waals surface area contributed by atoms with Crippen molar-refractivity contribution >= 4 is 11.6 Å². The molecule has 9 heteroatoms. The number of fused-ring (bicyclic) bond motifs is 1. The molecule has 0 saturated carbocycles. The van der Waals surface area contributed by atoms with Crippen molar-refractivity contribution in [1.82, 2.24) is 9.78 Å². The Hall–Kier alpha value is -3.62. The van der Waals surface area contributed by atoms with Crippen LogP contribution >= 0.6 is 0 Å². The monoisotopic (exact) mass is 415 g/mol. The minimum Gasteiger partial charge on any atom is -0.486 e. The SMILES string of the molecule is Cc1nn(COc2ccc(F)cc2F)c(C)c1NC(=O)c1ccc2c(c1)OCCO2. The van der Waals surface area contributed by atoms with E-state index in [9.17, 15) is 13.6 Å². The van der Waals surface area contributed by atoms with Crippen molar-refractivity contribution in [3.05, 3.63) is 65.0 Å². The van der Waals surface area contributed by atoms with Gasteiger partial charge < -0.3 is 19.5 Å². The first-order valence-corrected chi connectivity index (χ1v) is 9.25. The lowest BCUT2D eigenvalue weighted by molar-refractivity contribution is 0.102.